The van der Waals surface area contributed by atoms with Gasteiger partial charge in [-0.2, -0.15) is 13.6 Å². The van der Waals surface area contributed by atoms with Crippen LogP contribution in [0.5, 0.6) is 0 Å². The van der Waals surface area contributed by atoms with E-state index in [2.05, 4.69) is 18.1 Å². The highest BCUT2D eigenvalue weighted by Gasteiger charge is 2.46. The Hall–Kier alpha value is -1.03. The number of nitrogens with zero attached hydrogens (tertiary/aromatic N) is 2. The Bertz CT molecular complexity index is 1010. The molecule has 0 radical (unpaired) electrons. The first-order valence-corrected chi connectivity index (χ1v) is 12.7. The van der Waals surface area contributed by atoms with E-state index < -0.39 is 60.3 Å². The van der Waals surface area contributed by atoms with Crippen molar-refractivity contribution in [2.45, 2.75) is 37.9 Å². The summed E-state index contributed by atoms with van der Waals surface area (Å²) in [6, 6.07) is 0. The maximum absolute atomic E-state index is 12.1. The SMILES string of the molecule is CCc1cn([C@@H]2O[C@H](COP(=O)(O)OP(=O)(O)OP(=O)(O)O)C(O)C2O)c(=O)nc1N. The smallest absolute Gasteiger partial charge is 0.387 e. The molecule has 1 aliphatic heterocycles. The van der Waals surface area contributed by atoms with Gasteiger partial charge in [0.05, 0.1) is 6.61 Å². The molecule has 4 unspecified atom stereocenters. The lowest BCUT2D eigenvalue weighted by Crippen LogP contribution is -2.36. The number of nitrogens with two attached hydrogens (primary N) is 1. The fourth-order valence-corrected chi connectivity index (χ4v) is 5.57. The van der Waals surface area contributed by atoms with Crippen molar-refractivity contribution in [3.05, 3.63) is 22.2 Å². The number of phosphoric acid groups is 3. The zero-order valence-electron chi connectivity index (χ0n) is 15.6. The lowest BCUT2D eigenvalue weighted by atomic mass is 10.1. The zero-order valence-corrected chi connectivity index (χ0v) is 18.2. The van der Waals surface area contributed by atoms with E-state index in [1.165, 1.54) is 6.20 Å². The van der Waals surface area contributed by atoms with Gasteiger partial charge in [0, 0.05) is 11.8 Å². The molecule has 2 rings (SSSR count). The van der Waals surface area contributed by atoms with E-state index in [0.29, 0.717) is 12.0 Å². The number of hydrogen-bond donors (Lipinski definition) is 7. The molecule has 0 aliphatic carbocycles. The fourth-order valence-electron chi connectivity index (χ4n) is 2.54. The average Bonchev–Trinajstić information content (AvgIpc) is 2.85. The van der Waals surface area contributed by atoms with E-state index in [9.17, 15) is 33.6 Å². The second kappa shape index (κ2) is 9.45. The number of aliphatic hydroxyl groups excluding tert-OH is 2. The van der Waals surface area contributed by atoms with Crippen LogP contribution in [0.15, 0.2) is 11.0 Å². The van der Waals surface area contributed by atoms with Crippen molar-refractivity contribution in [2.24, 2.45) is 0 Å². The van der Waals surface area contributed by atoms with Crippen molar-refractivity contribution >= 4 is 29.3 Å². The normalized spacial score (nSPS) is 28.2. The minimum Gasteiger partial charge on any atom is -0.387 e. The molecule has 0 amide bonds. The summed E-state index contributed by atoms with van der Waals surface area (Å²) in [5, 5.41) is 20.3. The van der Waals surface area contributed by atoms with Gasteiger partial charge in [-0.3, -0.25) is 9.09 Å². The van der Waals surface area contributed by atoms with Gasteiger partial charge in [0.25, 0.3) is 0 Å². The number of rotatable bonds is 9. The molecule has 0 aromatic carbocycles. The summed E-state index contributed by atoms with van der Waals surface area (Å²) < 4.78 is 51.2. The first-order valence-electron chi connectivity index (χ1n) is 8.22. The molecule has 17 nitrogen and oxygen atoms in total. The summed E-state index contributed by atoms with van der Waals surface area (Å²) in [6.45, 7) is 0.699. The minimum absolute atomic E-state index is 0.0407. The molecule has 2 heterocycles. The van der Waals surface area contributed by atoms with Gasteiger partial charge in [-0.15, -0.1) is 0 Å². The van der Waals surface area contributed by atoms with Gasteiger partial charge in [-0.1, -0.05) is 6.92 Å². The molecule has 1 aromatic heterocycles. The summed E-state index contributed by atoms with van der Waals surface area (Å²) in [5.74, 6) is -0.0407. The lowest BCUT2D eigenvalue weighted by Gasteiger charge is -2.19. The van der Waals surface area contributed by atoms with Crippen LogP contribution in [0.1, 0.15) is 18.7 Å². The molecule has 31 heavy (non-hydrogen) atoms. The highest BCUT2D eigenvalue weighted by Crippen LogP contribution is 2.66. The molecule has 1 fully saturated rings. The van der Waals surface area contributed by atoms with Gasteiger partial charge in [-0.05, 0) is 6.42 Å². The summed E-state index contributed by atoms with van der Waals surface area (Å²) in [5.41, 5.74) is 5.12. The number of aryl methyl sites for hydroxylation is 1. The maximum Gasteiger partial charge on any atom is 0.490 e. The highest BCUT2D eigenvalue weighted by atomic mass is 31.3. The van der Waals surface area contributed by atoms with Crippen molar-refractivity contribution in [3.63, 3.8) is 0 Å². The van der Waals surface area contributed by atoms with Crippen molar-refractivity contribution in [1.82, 2.24) is 9.55 Å². The molecule has 0 bridgehead atoms. The van der Waals surface area contributed by atoms with Crippen molar-refractivity contribution in [3.8, 4) is 0 Å². The van der Waals surface area contributed by atoms with Crippen LogP contribution in [0.25, 0.3) is 0 Å². The Kier molecular flexibility index (Phi) is 7.99. The number of nitrogen functional groups attached to an aromatic ring is 1. The zero-order chi connectivity index (χ0) is 23.8. The van der Waals surface area contributed by atoms with E-state index in [-0.39, 0.29) is 5.82 Å². The largest absolute Gasteiger partial charge is 0.490 e. The standard InChI is InChI=1S/C11H20N3O14P3/c1-2-5-3-14(11(17)13-9(5)12)10-8(16)7(15)6(26-10)4-25-30(21,22)28-31(23,24)27-29(18,19)20/h3,6-8,10,15-16H,2,4H2,1H3,(H,21,22)(H,23,24)(H2,12,13,17)(H2,18,19,20)/t6-,7?,8?,10-/m1/s1. The van der Waals surface area contributed by atoms with Gasteiger partial charge in [0.2, 0.25) is 0 Å². The van der Waals surface area contributed by atoms with Crippen molar-refractivity contribution < 1.29 is 61.4 Å². The molecule has 1 aliphatic rings. The minimum atomic E-state index is -5.72. The van der Waals surface area contributed by atoms with E-state index in [0.717, 1.165) is 4.57 Å². The number of hydrogen-bond acceptors (Lipinski definition) is 12. The lowest BCUT2D eigenvalue weighted by molar-refractivity contribution is -0.0542. The van der Waals surface area contributed by atoms with Crippen molar-refractivity contribution in [1.29, 1.82) is 0 Å². The monoisotopic (exact) mass is 511 g/mol. The third-order valence-corrected chi connectivity index (χ3v) is 7.67. The molecular formula is C11H20N3O14P3. The van der Waals surface area contributed by atoms with Gasteiger partial charge in [0.15, 0.2) is 6.23 Å². The summed E-state index contributed by atoms with van der Waals surface area (Å²) in [7, 11) is -16.8. The van der Waals surface area contributed by atoms with E-state index in [1.54, 1.807) is 6.92 Å². The van der Waals surface area contributed by atoms with Crippen LogP contribution in [0.2, 0.25) is 0 Å². The number of aliphatic hydroxyl groups is 2. The molecule has 8 N–H and O–H groups in total. The third kappa shape index (κ3) is 6.97. The van der Waals surface area contributed by atoms with Crippen LogP contribution in [-0.4, -0.2) is 64.3 Å². The first-order chi connectivity index (χ1) is 14.1. The van der Waals surface area contributed by atoms with Crippen LogP contribution in [0.3, 0.4) is 0 Å². The number of phosphoric ester groups is 1. The maximum atomic E-state index is 12.1. The molecule has 1 saturated heterocycles. The summed E-state index contributed by atoms with van der Waals surface area (Å²) in [6.07, 6.45) is -4.89. The highest BCUT2D eigenvalue weighted by molar-refractivity contribution is 7.66. The summed E-state index contributed by atoms with van der Waals surface area (Å²) in [4.78, 5) is 51.1. The Labute approximate surface area is 173 Å². The Balaban J connectivity index is 2.11. The van der Waals surface area contributed by atoms with Crippen LogP contribution in [0.4, 0.5) is 5.82 Å². The molecular weight excluding hydrogens is 491 g/mol. The Morgan fingerprint density at radius 1 is 1.13 bits per heavy atom. The van der Waals surface area contributed by atoms with Gasteiger partial charge in [-0.25, -0.2) is 18.5 Å². The average molecular weight is 511 g/mol. The van der Waals surface area contributed by atoms with Gasteiger partial charge < -0.3 is 40.3 Å². The molecule has 0 spiro atoms. The predicted molar refractivity (Wildman–Crippen MR) is 98.0 cm³/mol. The third-order valence-electron chi connectivity index (χ3n) is 3.87. The molecule has 6 atom stereocenters. The predicted octanol–water partition coefficient (Wildman–Crippen LogP) is -1.65. The Morgan fingerprint density at radius 3 is 2.29 bits per heavy atom. The number of anilines is 1. The van der Waals surface area contributed by atoms with E-state index in [4.69, 9.17) is 25.2 Å². The molecule has 0 saturated carbocycles. The van der Waals surface area contributed by atoms with E-state index >= 15 is 0 Å². The van der Waals surface area contributed by atoms with Crippen LogP contribution < -0.4 is 11.4 Å². The summed E-state index contributed by atoms with van der Waals surface area (Å²) >= 11 is 0. The van der Waals surface area contributed by atoms with Crippen molar-refractivity contribution in [2.75, 3.05) is 12.3 Å². The first kappa shape index (κ1) is 26.2. The van der Waals surface area contributed by atoms with Crippen LogP contribution in [0, 0.1) is 0 Å². The van der Waals surface area contributed by atoms with Crippen LogP contribution in [-0.2, 0) is 38.0 Å². The second-order valence-electron chi connectivity index (χ2n) is 6.13. The quantitative estimate of drug-likeness (QED) is 0.183. The van der Waals surface area contributed by atoms with Gasteiger partial charge in [0.1, 0.15) is 24.1 Å². The second-order valence-corrected chi connectivity index (χ2v) is 10.5. The fraction of sp³-hybridized carbons (Fsp3) is 0.636. The van der Waals surface area contributed by atoms with E-state index in [1.807, 2.05) is 0 Å². The molecule has 20 heteroatoms. The van der Waals surface area contributed by atoms with Gasteiger partial charge >= 0.3 is 29.2 Å². The number of ether oxygens (including phenoxy) is 1. The molecule has 178 valence electrons. The number of aromatic nitrogens is 2. The van der Waals surface area contributed by atoms with Crippen LogP contribution >= 0.6 is 23.5 Å². The molecule has 1 aromatic rings. The topological polar surface area (TPSA) is 270 Å². The Morgan fingerprint density at radius 2 is 1.74 bits per heavy atom.